The van der Waals surface area contributed by atoms with Gasteiger partial charge in [0.05, 0.1) is 16.8 Å². The van der Waals surface area contributed by atoms with Gasteiger partial charge in [-0.15, -0.1) is 0 Å². The maximum atomic E-state index is 12.7. The summed E-state index contributed by atoms with van der Waals surface area (Å²) in [4.78, 5) is 19.7. The van der Waals surface area contributed by atoms with Crippen molar-refractivity contribution in [2.24, 2.45) is 5.92 Å². The number of carbonyl (C=O) groups excluding carboxylic acids is 1. The van der Waals surface area contributed by atoms with E-state index >= 15 is 0 Å². The summed E-state index contributed by atoms with van der Waals surface area (Å²) in [6.45, 7) is 5.06. The third-order valence-corrected chi connectivity index (χ3v) is 6.78. The van der Waals surface area contributed by atoms with Crippen molar-refractivity contribution in [3.05, 3.63) is 42.0 Å². The van der Waals surface area contributed by atoms with E-state index in [-0.39, 0.29) is 18.6 Å². The highest BCUT2D eigenvalue weighted by atomic mass is 32.1. The maximum Gasteiger partial charge on any atom is 0.231 e. The molecule has 8 heteroatoms. The Morgan fingerprint density at radius 2 is 2.03 bits per heavy atom. The molecule has 1 N–H and O–H groups in total. The number of thiazole rings is 1. The summed E-state index contributed by atoms with van der Waals surface area (Å²) < 4.78 is 17.5. The van der Waals surface area contributed by atoms with E-state index in [2.05, 4.69) is 16.3 Å². The molecule has 2 aromatic carbocycles. The lowest BCUT2D eigenvalue weighted by Crippen LogP contribution is -2.40. The number of fused-ring (bicyclic) bond motifs is 2. The monoisotopic (exact) mass is 439 g/mol. The minimum atomic E-state index is 0.0317. The predicted molar refractivity (Wildman–Crippen MR) is 120 cm³/mol. The molecule has 0 bridgehead atoms. The number of ether oxygens (including phenoxy) is 3. The average molecular weight is 440 g/mol. The Hall–Kier alpha value is -3.00. The molecule has 3 aromatic rings. The van der Waals surface area contributed by atoms with Crippen LogP contribution in [-0.4, -0.2) is 37.4 Å². The first-order chi connectivity index (χ1) is 15.2. The summed E-state index contributed by atoms with van der Waals surface area (Å²) >= 11 is 1.68. The minimum absolute atomic E-state index is 0.0317. The molecule has 3 heterocycles. The van der Waals surface area contributed by atoms with E-state index in [1.54, 1.807) is 11.3 Å². The minimum Gasteiger partial charge on any atom is -0.494 e. The van der Waals surface area contributed by atoms with Crippen LogP contribution in [0.2, 0.25) is 0 Å². The number of amides is 1. The normalized spacial score (nSPS) is 16.0. The second-order valence-electron chi connectivity index (χ2n) is 7.73. The number of hydrogen-bond acceptors (Lipinski definition) is 7. The van der Waals surface area contributed by atoms with Gasteiger partial charge >= 0.3 is 0 Å². The molecule has 0 aliphatic carbocycles. The molecule has 5 rings (SSSR count). The van der Waals surface area contributed by atoms with Crippen LogP contribution in [0.25, 0.3) is 10.2 Å². The van der Waals surface area contributed by atoms with Gasteiger partial charge in [-0.05, 0) is 55.7 Å². The Bertz CT molecular complexity index is 1090. The van der Waals surface area contributed by atoms with E-state index in [1.807, 2.05) is 37.3 Å². The largest absolute Gasteiger partial charge is 0.494 e. The van der Waals surface area contributed by atoms with E-state index in [4.69, 9.17) is 19.2 Å². The lowest BCUT2D eigenvalue weighted by atomic mass is 9.96. The van der Waals surface area contributed by atoms with Gasteiger partial charge in [0.25, 0.3) is 0 Å². The second kappa shape index (κ2) is 8.63. The van der Waals surface area contributed by atoms with Gasteiger partial charge < -0.3 is 24.4 Å². The number of anilines is 1. The SMILES string of the molecule is CCOc1ccc2nc(N3CCC(C(=O)NCc4ccc5c(c4)OCO5)CC3)sc2c1. The first kappa shape index (κ1) is 19.9. The Balaban J connectivity index is 1.15. The Morgan fingerprint density at radius 3 is 2.87 bits per heavy atom. The van der Waals surface area contributed by atoms with Gasteiger partial charge in [-0.2, -0.15) is 0 Å². The van der Waals surface area contributed by atoms with Gasteiger partial charge in [0.2, 0.25) is 12.7 Å². The molecule has 0 radical (unpaired) electrons. The molecule has 162 valence electrons. The summed E-state index contributed by atoms with van der Waals surface area (Å²) in [5, 5.41) is 4.09. The number of hydrogen-bond donors (Lipinski definition) is 1. The number of benzene rings is 2. The third-order valence-electron chi connectivity index (χ3n) is 5.70. The number of piperidine rings is 1. The zero-order valence-electron chi connectivity index (χ0n) is 17.4. The van der Waals surface area contributed by atoms with E-state index in [9.17, 15) is 4.79 Å². The molecule has 1 saturated heterocycles. The fourth-order valence-electron chi connectivity index (χ4n) is 4.00. The van der Waals surface area contributed by atoms with E-state index in [0.29, 0.717) is 13.2 Å². The van der Waals surface area contributed by atoms with Crippen molar-refractivity contribution in [1.82, 2.24) is 10.3 Å². The molecular weight excluding hydrogens is 414 g/mol. The fraction of sp³-hybridized carbons (Fsp3) is 0.391. The quantitative estimate of drug-likeness (QED) is 0.627. The van der Waals surface area contributed by atoms with Crippen LogP contribution in [0.15, 0.2) is 36.4 Å². The van der Waals surface area contributed by atoms with Crippen molar-refractivity contribution in [3.8, 4) is 17.2 Å². The van der Waals surface area contributed by atoms with Crippen molar-refractivity contribution in [3.63, 3.8) is 0 Å². The zero-order chi connectivity index (χ0) is 21.2. The molecule has 0 spiro atoms. The molecule has 31 heavy (non-hydrogen) atoms. The summed E-state index contributed by atoms with van der Waals surface area (Å²) in [5.41, 5.74) is 2.00. The van der Waals surface area contributed by atoms with Crippen molar-refractivity contribution in [1.29, 1.82) is 0 Å². The number of rotatable bonds is 6. The molecule has 1 fully saturated rings. The lowest BCUT2D eigenvalue weighted by molar-refractivity contribution is -0.125. The average Bonchev–Trinajstić information content (AvgIpc) is 3.44. The highest BCUT2D eigenvalue weighted by molar-refractivity contribution is 7.22. The van der Waals surface area contributed by atoms with Gasteiger partial charge in [0.1, 0.15) is 5.75 Å². The van der Waals surface area contributed by atoms with Crippen LogP contribution in [0.5, 0.6) is 17.2 Å². The number of nitrogens with one attached hydrogen (secondary N) is 1. The number of nitrogens with zero attached hydrogens (tertiary/aromatic N) is 2. The lowest BCUT2D eigenvalue weighted by Gasteiger charge is -2.31. The van der Waals surface area contributed by atoms with Crippen molar-refractivity contribution in [2.45, 2.75) is 26.3 Å². The molecule has 1 aromatic heterocycles. The smallest absolute Gasteiger partial charge is 0.231 e. The van der Waals surface area contributed by atoms with Gasteiger partial charge in [0.15, 0.2) is 16.6 Å². The van der Waals surface area contributed by atoms with Gasteiger partial charge in [-0.1, -0.05) is 17.4 Å². The Labute approximate surface area is 184 Å². The Kier molecular flexibility index (Phi) is 5.55. The summed E-state index contributed by atoms with van der Waals surface area (Å²) in [5.74, 6) is 2.52. The van der Waals surface area contributed by atoms with Crippen LogP contribution in [0, 0.1) is 5.92 Å². The Morgan fingerprint density at radius 1 is 1.19 bits per heavy atom. The van der Waals surface area contributed by atoms with Crippen LogP contribution in [0.3, 0.4) is 0 Å². The first-order valence-corrected chi connectivity index (χ1v) is 11.5. The summed E-state index contributed by atoms with van der Waals surface area (Å²) in [6, 6.07) is 11.8. The van der Waals surface area contributed by atoms with Crippen molar-refractivity contribution >= 4 is 32.6 Å². The molecule has 2 aliphatic rings. The second-order valence-corrected chi connectivity index (χ2v) is 8.73. The molecule has 2 aliphatic heterocycles. The van der Waals surface area contributed by atoms with Crippen LogP contribution < -0.4 is 24.4 Å². The van der Waals surface area contributed by atoms with Crippen molar-refractivity contribution in [2.75, 3.05) is 31.4 Å². The third kappa shape index (κ3) is 4.25. The molecule has 0 atom stereocenters. The topological polar surface area (TPSA) is 72.9 Å². The van der Waals surface area contributed by atoms with Gasteiger partial charge in [-0.3, -0.25) is 4.79 Å². The van der Waals surface area contributed by atoms with Crippen molar-refractivity contribution < 1.29 is 19.0 Å². The van der Waals surface area contributed by atoms with Gasteiger partial charge in [0, 0.05) is 25.6 Å². The molecule has 0 unspecified atom stereocenters. The maximum absolute atomic E-state index is 12.7. The fourth-order valence-corrected chi connectivity index (χ4v) is 5.05. The first-order valence-electron chi connectivity index (χ1n) is 10.6. The molecule has 1 amide bonds. The highest BCUT2D eigenvalue weighted by Crippen LogP contribution is 2.34. The molecule has 7 nitrogen and oxygen atoms in total. The van der Waals surface area contributed by atoms with E-state index < -0.39 is 0 Å². The standard InChI is InChI=1S/C23H25N3O4S/c1-2-28-17-4-5-18-21(12-17)31-23(25-18)26-9-7-16(8-10-26)22(27)24-13-15-3-6-19-20(11-15)30-14-29-19/h3-6,11-12,16H,2,7-10,13-14H2,1H3,(H,24,27). The van der Waals surface area contributed by atoms with E-state index in [0.717, 1.165) is 64.1 Å². The number of aromatic nitrogens is 1. The summed E-state index contributed by atoms with van der Waals surface area (Å²) in [6.07, 6.45) is 1.65. The molecular formula is C23H25N3O4S. The summed E-state index contributed by atoms with van der Waals surface area (Å²) in [7, 11) is 0. The van der Waals surface area contributed by atoms with Gasteiger partial charge in [-0.25, -0.2) is 4.98 Å². The zero-order valence-corrected chi connectivity index (χ0v) is 18.2. The van der Waals surface area contributed by atoms with E-state index in [1.165, 1.54) is 0 Å². The van der Waals surface area contributed by atoms with Crippen LogP contribution >= 0.6 is 11.3 Å². The van der Waals surface area contributed by atoms with Crippen LogP contribution in [0.4, 0.5) is 5.13 Å². The van der Waals surface area contributed by atoms with Crippen LogP contribution in [-0.2, 0) is 11.3 Å². The van der Waals surface area contributed by atoms with Crippen LogP contribution in [0.1, 0.15) is 25.3 Å². The number of carbonyl (C=O) groups is 1. The molecule has 0 saturated carbocycles. The predicted octanol–water partition coefficient (Wildman–Crippen LogP) is 3.96. The highest BCUT2D eigenvalue weighted by Gasteiger charge is 2.26.